The van der Waals surface area contributed by atoms with Crippen LogP contribution in [0.4, 0.5) is 18.9 Å². The number of amides is 1. The van der Waals surface area contributed by atoms with E-state index in [-0.39, 0.29) is 17.3 Å². The molecule has 1 N–H and O–H groups in total. The van der Waals surface area contributed by atoms with Crippen LogP contribution in [0.5, 0.6) is 5.75 Å². The van der Waals surface area contributed by atoms with Gasteiger partial charge in [-0.25, -0.2) is 4.99 Å². The number of carbonyl (C=O) groups excluding carboxylic acids is 1. The minimum atomic E-state index is -4.52. The van der Waals surface area contributed by atoms with Gasteiger partial charge in [-0.05, 0) is 31.0 Å². The summed E-state index contributed by atoms with van der Waals surface area (Å²) in [7, 11) is 1.57. The highest BCUT2D eigenvalue weighted by Gasteiger charge is 2.31. The van der Waals surface area contributed by atoms with E-state index in [1.165, 1.54) is 5.01 Å². The lowest BCUT2D eigenvalue weighted by molar-refractivity contribution is -0.137. The zero-order chi connectivity index (χ0) is 21.9. The van der Waals surface area contributed by atoms with Crippen LogP contribution in [0.15, 0.2) is 46.5 Å². The molecule has 0 aromatic heterocycles. The molecular formula is C20H18ClF3N4O2. The Morgan fingerprint density at radius 1 is 1.33 bits per heavy atom. The van der Waals surface area contributed by atoms with Gasteiger partial charge in [-0.2, -0.15) is 18.3 Å². The third-order valence-corrected chi connectivity index (χ3v) is 4.65. The van der Waals surface area contributed by atoms with Gasteiger partial charge in [0.1, 0.15) is 12.3 Å². The third-order valence-electron chi connectivity index (χ3n) is 4.34. The SMILES string of the molecule is C=N/C(=N\N(C)CC(=O)Nc1ccc(C(F)(F)F)cc1Cl)c1cccc2c1CCO2. The van der Waals surface area contributed by atoms with E-state index in [0.717, 1.165) is 41.5 Å². The molecular weight excluding hydrogens is 421 g/mol. The van der Waals surface area contributed by atoms with Gasteiger partial charge in [0.2, 0.25) is 5.91 Å². The van der Waals surface area contributed by atoms with E-state index in [9.17, 15) is 18.0 Å². The van der Waals surface area contributed by atoms with E-state index in [0.29, 0.717) is 12.4 Å². The van der Waals surface area contributed by atoms with Gasteiger partial charge in [0.15, 0.2) is 5.84 Å². The van der Waals surface area contributed by atoms with Gasteiger partial charge in [0.05, 0.1) is 22.9 Å². The van der Waals surface area contributed by atoms with Crippen LogP contribution >= 0.6 is 11.6 Å². The van der Waals surface area contributed by atoms with E-state index < -0.39 is 17.6 Å². The highest BCUT2D eigenvalue weighted by atomic mass is 35.5. The first kappa shape index (κ1) is 21.6. The average molecular weight is 439 g/mol. The number of anilines is 1. The molecule has 2 aromatic rings. The summed E-state index contributed by atoms with van der Waals surface area (Å²) in [5, 5.41) is 7.94. The van der Waals surface area contributed by atoms with Crippen molar-refractivity contribution in [2.45, 2.75) is 12.6 Å². The summed E-state index contributed by atoms with van der Waals surface area (Å²) in [5.41, 5.74) is 0.913. The lowest BCUT2D eigenvalue weighted by Crippen LogP contribution is -2.28. The molecule has 0 fully saturated rings. The van der Waals surface area contributed by atoms with Crippen LogP contribution in [0, 0.1) is 0 Å². The summed E-state index contributed by atoms with van der Waals surface area (Å²) in [6, 6.07) is 8.24. The smallest absolute Gasteiger partial charge is 0.416 e. The largest absolute Gasteiger partial charge is 0.493 e. The first-order valence-electron chi connectivity index (χ1n) is 8.87. The van der Waals surface area contributed by atoms with Crippen LogP contribution in [-0.4, -0.2) is 43.7 Å². The highest BCUT2D eigenvalue weighted by molar-refractivity contribution is 6.33. The fraction of sp³-hybridized carbons (Fsp3) is 0.250. The molecule has 0 unspecified atom stereocenters. The quantitative estimate of drug-likeness (QED) is 0.431. The second-order valence-electron chi connectivity index (χ2n) is 6.52. The summed E-state index contributed by atoms with van der Waals surface area (Å²) < 4.78 is 43.7. The number of ether oxygens (including phenoxy) is 1. The van der Waals surface area contributed by atoms with Crippen LogP contribution in [0.3, 0.4) is 0 Å². The van der Waals surface area contributed by atoms with Crippen molar-refractivity contribution in [2.24, 2.45) is 10.1 Å². The van der Waals surface area contributed by atoms with Crippen LogP contribution in [-0.2, 0) is 17.4 Å². The Balaban J connectivity index is 1.70. The molecule has 0 bridgehead atoms. The maximum atomic E-state index is 12.7. The number of halogens is 4. The number of fused-ring (bicyclic) bond motifs is 1. The maximum Gasteiger partial charge on any atom is 0.416 e. The minimum Gasteiger partial charge on any atom is -0.493 e. The number of nitrogens with one attached hydrogen (secondary N) is 1. The molecule has 0 radical (unpaired) electrons. The van der Waals surface area contributed by atoms with E-state index in [4.69, 9.17) is 16.3 Å². The van der Waals surface area contributed by atoms with Crippen LogP contribution in [0.25, 0.3) is 0 Å². The summed E-state index contributed by atoms with van der Waals surface area (Å²) >= 11 is 5.87. The van der Waals surface area contributed by atoms with Crippen molar-refractivity contribution in [3.63, 3.8) is 0 Å². The number of alkyl halides is 3. The molecule has 1 heterocycles. The zero-order valence-electron chi connectivity index (χ0n) is 16.0. The van der Waals surface area contributed by atoms with Crippen LogP contribution < -0.4 is 10.1 Å². The maximum absolute atomic E-state index is 12.7. The zero-order valence-corrected chi connectivity index (χ0v) is 16.7. The molecule has 1 amide bonds. The summed E-state index contributed by atoms with van der Waals surface area (Å²) in [6.07, 6.45) is -3.80. The van der Waals surface area contributed by atoms with Crippen molar-refractivity contribution in [2.75, 3.05) is 25.5 Å². The number of hydrogen-bond acceptors (Lipinski definition) is 4. The fourth-order valence-corrected chi connectivity index (χ4v) is 3.22. The fourth-order valence-electron chi connectivity index (χ4n) is 2.99. The number of nitrogens with zero attached hydrogens (tertiary/aromatic N) is 3. The van der Waals surface area contributed by atoms with E-state index in [1.54, 1.807) is 7.05 Å². The highest BCUT2D eigenvalue weighted by Crippen LogP contribution is 2.33. The lowest BCUT2D eigenvalue weighted by Gasteiger charge is -2.16. The third kappa shape index (κ3) is 4.91. The first-order chi connectivity index (χ1) is 14.2. The van der Waals surface area contributed by atoms with Crippen molar-refractivity contribution in [1.29, 1.82) is 0 Å². The second-order valence-corrected chi connectivity index (χ2v) is 6.93. The van der Waals surface area contributed by atoms with Gasteiger partial charge >= 0.3 is 6.18 Å². The van der Waals surface area contributed by atoms with Gasteiger partial charge in [-0.1, -0.05) is 23.7 Å². The molecule has 0 spiro atoms. The van der Waals surface area contributed by atoms with Crippen LogP contribution in [0.1, 0.15) is 16.7 Å². The predicted molar refractivity (Wildman–Crippen MR) is 109 cm³/mol. The molecule has 2 aromatic carbocycles. The normalized spacial score (nSPS) is 13.4. The van der Waals surface area contributed by atoms with Crippen molar-refractivity contribution in [1.82, 2.24) is 5.01 Å². The predicted octanol–water partition coefficient (Wildman–Crippen LogP) is 4.23. The number of aliphatic imine (C=N–C) groups is 1. The Morgan fingerprint density at radius 2 is 2.10 bits per heavy atom. The van der Waals surface area contributed by atoms with Gasteiger partial charge < -0.3 is 10.1 Å². The number of carbonyl (C=O) groups is 1. The molecule has 6 nitrogen and oxygen atoms in total. The van der Waals surface area contributed by atoms with Crippen molar-refractivity contribution in [3.8, 4) is 5.75 Å². The monoisotopic (exact) mass is 438 g/mol. The second kappa shape index (κ2) is 8.74. The van der Waals surface area contributed by atoms with Gasteiger partial charge in [0.25, 0.3) is 0 Å². The summed E-state index contributed by atoms with van der Waals surface area (Å²) in [6.45, 7) is 3.94. The Labute approximate surface area is 176 Å². The van der Waals surface area contributed by atoms with Crippen molar-refractivity contribution < 1.29 is 22.7 Å². The number of rotatable bonds is 5. The lowest BCUT2D eigenvalue weighted by atomic mass is 10.0. The number of amidine groups is 1. The molecule has 0 saturated carbocycles. The van der Waals surface area contributed by atoms with Crippen LogP contribution in [0.2, 0.25) is 5.02 Å². The molecule has 158 valence electrons. The Bertz CT molecular complexity index is 1010. The molecule has 1 aliphatic rings. The molecule has 10 heteroatoms. The number of benzene rings is 2. The molecule has 1 aliphatic heterocycles. The Morgan fingerprint density at radius 3 is 2.77 bits per heavy atom. The topological polar surface area (TPSA) is 66.3 Å². The standard InChI is InChI=1S/C20H18ClF3N4O2/c1-25-19(14-4-3-5-17-13(14)8-9-30-17)27-28(2)11-18(29)26-16-7-6-12(10-15(16)21)20(22,23)24/h3-7,10H,1,8-9,11H2,2H3,(H,26,29)/b27-19-. The van der Waals surface area contributed by atoms with E-state index in [2.05, 4.69) is 22.1 Å². The average Bonchev–Trinajstić information content (AvgIpc) is 3.15. The van der Waals surface area contributed by atoms with E-state index >= 15 is 0 Å². The molecule has 0 saturated heterocycles. The first-order valence-corrected chi connectivity index (χ1v) is 9.25. The van der Waals surface area contributed by atoms with E-state index in [1.807, 2.05) is 18.2 Å². The molecule has 3 rings (SSSR count). The summed E-state index contributed by atoms with van der Waals surface area (Å²) in [5.74, 6) is 0.592. The van der Waals surface area contributed by atoms with Gasteiger partial charge in [-0.15, -0.1) is 0 Å². The Kier molecular flexibility index (Phi) is 6.31. The number of likely N-dealkylation sites (N-methyl/N-ethyl adjacent to an activating group) is 1. The van der Waals surface area contributed by atoms with Crippen molar-refractivity contribution in [3.05, 3.63) is 58.1 Å². The van der Waals surface area contributed by atoms with Gasteiger partial charge in [0, 0.05) is 24.6 Å². The van der Waals surface area contributed by atoms with Gasteiger partial charge in [-0.3, -0.25) is 9.80 Å². The minimum absolute atomic E-state index is 0.0761. The molecule has 0 atom stereocenters. The number of hydrazone groups is 1. The molecule has 30 heavy (non-hydrogen) atoms. The Hall–Kier alpha value is -3.07. The number of hydrogen-bond donors (Lipinski definition) is 1. The van der Waals surface area contributed by atoms with Crippen molar-refractivity contribution >= 4 is 35.7 Å². The summed E-state index contributed by atoms with van der Waals surface area (Å²) in [4.78, 5) is 16.2. The molecule has 0 aliphatic carbocycles.